The van der Waals surface area contributed by atoms with Crippen LogP contribution >= 0.6 is 11.6 Å². The van der Waals surface area contributed by atoms with Crippen molar-refractivity contribution in [2.75, 3.05) is 0 Å². The maximum Gasteiger partial charge on any atom is 0.253 e. The predicted octanol–water partition coefficient (Wildman–Crippen LogP) is 4.81. The summed E-state index contributed by atoms with van der Waals surface area (Å²) in [5.41, 5.74) is 5.32. The van der Waals surface area contributed by atoms with Crippen LogP contribution in [-0.4, -0.2) is 25.7 Å². The normalized spacial score (nSPS) is 10.9. The minimum absolute atomic E-state index is 0.0450. The molecule has 0 radical (unpaired) electrons. The second-order valence-corrected chi connectivity index (χ2v) is 8.78. The van der Waals surface area contributed by atoms with Gasteiger partial charge in [0.05, 0.1) is 29.9 Å². The molecule has 0 aliphatic heterocycles. The third-order valence-electron chi connectivity index (χ3n) is 5.92. The van der Waals surface area contributed by atoms with Crippen molar-refractivity contribution in [2.24, 2.45) is 0 Å². The lowest BCUT2D eigenvalue weighted by atomic mass is 9.98. The van der Waals surface area contributed by atoms with Crippen molar-refractivity contribution >= 4 is 34.0 Å². The van der Waals surface area contributed by atoms with Crippen molar-refractivity contribution in [2.45, 2.75) is 13.1 Å². The number of benzene rings is 2. The smallest absolute Gasteiger partial charge is 0.253 e. The van der Waals surface area contributed by atoms with E-state index >= 15 is 0 Å². The number of nitrogens with one attached hydrogen (secondary N) is 2. The summed E-state index contributed by atoms with van der Waals surface area (Å²) in [6, 6.07) is 20.1. The molecule has 2 N–H and O–H groups in total. The molecule has 2 aromatic carbocycles. The number of hydrogen-bond acceptors (Lipinski definition) is 4. The summed E-state index contributed by atoms with van der Waals surface area (Å²) < 4.78 is 1.65. The maximum atomic E-state index is 12.8. The van der Waals surface area contributed by atoms with Gasteiger partial charge >= 0.3 is 0 Å². The summed E-state index contributed by atoms with van der Waals surface area (Å²) in [7, 11) is 0. The van der Waals surface area contributed by atoms with Crippen molar-refractivity contribution in [1.82, 2.24) is 25.1 Å². The highest BCUT2D eigenvalue weighted by atomic mass is 35.5. The standard InChI is InChI=1S/C28H22ClN5O2/c1-18(20-7-5-19(6-8-20)17-34-11-3-2-4-27(34)35)21-12-22(15-30-14-21)28(36)31-16-26-24-13-23(29)9-10-25(24)32-33-26/h2-15H,1,16-17H2,(H,31,36)(H,32,33). The molecule has 5 rings (SSSR count). The maximum absolute atomic E-state index is 12.8. The van der Waals surface area contributed by atoms with Crippen LogP contribution in [0.15, 0.2) is 96.7 Å². The van der Waals surface area contributed by atoms with Crippen LogP contribution in [-0.2, 0) is 13.1 Å². The molecule has 0 spiro atoms. The third-order valence-corrected chi connectivity index (χ3v) is 6.16. The Morgan fingerprint density at radius 2 is 1.81 bits per heavy atom. The lowest BCUT2D eigenvalue weighted by Gasteiger charge is -2.10. The topological polar surface area (TPSA) is 92.7 Å². The van der Waals surface area contributed by atoms with E-state index in [0.29, 0.717) is 22.8 Å². The summed E-state index contributed by atoms with van der Waals surface area (Å²) in [4.78, 5) is 29.0. The van der Waals surface area contributed by atoms with Crippen LogP contribution in [0.2, 0.25) is 5.02 Å². The number of halogens is 1. The summed E-state index contributed by atoms with van der Waals surface area (Å²) in [6.07, 6.45) is 4.97. The monoisotopic (exact) mass is 495 g/mol. The molecule has 0 bridgehead atoms. The zero-order chi connectivity index (χ0) is 25.1. The van der Waals surface area contributed by atoms with Gasteiger partial charge in [-0.1, -0.05) is 48.5 Å². The van der Waals surface area contributed by atoms with Crippen LogP contribution in [0.3, 0.4) is 0 Å². The number of nitrogens with zero attached hydrogens (tertiary/aromatic N) is 3. The number of amides is 1. The molecule has 0 aliphatic rings. The van der Waals surface area contributed by atoms with E-state index in [9.17, 15) is 9.59 Å². The van der Waals surface area contributed by atoms with Gasteiger partial charge in [-0.3, -0.25) is 19.7 Å². The molecule has 0 atom stereocenters. The van der Waals surface area contributed by atoms with E-state index in [1.807, 2.05) is 42.5 Å². The summed E-state index contributed by atoms with van der Waals surface area (Å²) >= 11 is 6.10. The van der Waals surface area contributed by atoms with E-state index in [2.05, 4.69) is 27.1 Å². The van der Waals surface area contributed by atoms with Gasteiger partial charge < -0.3 is 9.88 Å². The van der Waals surface area contributed by atoms with Crippen LogP contribution in [0, 0.1) is 0 Å². The average molecular weight is 496 g/mol. The highest BCUT2D eigenvalue weighted by Crippen LogP contribution is 2.23. The Labute approximate surface area is 212 Å². The molecule has 5 aromatic rings. The lowest BCUT2D eigenvalue weighted by Crippen LogP contribution is -2.23. The first-order valence-corrected chi connectivity index (χ1v) is 11.7. The number of carbonyl (C=O) groups excluding carboxylic acids is 1. The van der Waals surface area contributed by atoms with Gasteiger partial charge in [0.1, 0.15) is 0 Å². The average Bonchev–Trinajstić information content (AvgIpc) is 3.30. The minimum Gasteiger partial charge on any atom is -0.346 e. The lowest BCUT2D eigenvalue weighted by molar-refractivity contribution is 0.0950. The largest absolute Gasteiger partial charge is 0.346 e. The molecule has 3 aromatic heterocycles. The molecule has 36 heavy (non-hydrogen) atoms. The molecule has 178 valence electrons. The molecular weight excluding hydrogens is 474 g/mol. The Hall–Kier alpha value is -4.49. The predicted molar refractivity (Wildman–Crippen MR) is 141 cm³/mol. The third kappa shape index (κ3) is 4.96. The van der Waals surface area contributed by atoms with Crippen LogP contribution in [0.1, 0.15) is 32.7 Å². The molecule has 0 fully saturated rings. The number of pyridine rings is 2. The van der Waals surface area contributed by atoms with E-state index in [1.54, 1.807) is 41.2 Å². The fraction of sp³-hybridized carbons (Fsp3) is 0.0714. The van der Waals surface area contributed by atoms with Crippen molar-refractivity contribution in [3.8, 4) is 0 Å². The number of carbonyl (C=O) groups is 1. The highest BCUT2D eigenvalue weighted by Gasteiger charge is 2.12. The fourth-order valence-electron chi connectivity index (χ4n) is 3.94. The van der Waals surface area contributed by atoms with Gasteiger partial charge in [-0.05, 0) is 47.0 Å². The highest BCUT2D eigenvalue weighted by molar-refractivity contribution is 6.31. The van der Waals surface area contributed by atoms with Crippen LogP contribution in [0.4, 0.5) is 0 Å². The van der Waals surface area contributed by atoms with Gasteiger partial charge in [-0.15, -0.1) is 0 Å². The number of fused-ring (bicyclic) bond motifs is 1. The van der Waals surface area contributed by atoms with Gasteiger partial charge in [0.2, 0.25) is 0 Å². The Morgan fingerprint density at radius 3 is 2.61 bits per heavy atom. The van der Waals surface area contributed by atoms with Gasteiger partial charge in [-0.2, -0.15) is 5.10 Å². The quantitative estimate of drug-likeness (QED) is 0.339. The Bertz CT molecular complexity index is 1640. The number of rotatable bonds is 7. The second-order valence-electron chi connectivity index (χ2n) is 8.35. The number of aromatic nitrogens is 4. The van der Waals surface area contributed by atoms with E-state index in [1.165, 1.54) is 6.20 Å². The zero-order valence-electron chi connectivity index (χ0n) is 19.2. The van der Waals surface area contributed by atoms with Gasteiger partial charge in [0.25, 0.3) is 11.5 Å². The summed E-state index contributed by atoms with van der Waals surface area (Å²) in [5, 5.41) is 11.6. The SMILES string of the molecule is C=C(c1ccc(Cn2ccccc2=O)cc1)c1cncc(C(=O)NCc2n[nH]c3ccc(Cl)cc23)c1. The summed E-state index contributed by atoms with van der Waals surface area (Å²) in [5.74, 6) is -0.265. The van der Waals surface area contributed by atoms with Crippen LogP contribution in [0.25, 0.3) is 16.5 Å². The first-order valence-electron chi connectivity index (χ1n) is 11.3. The molecule has 7 nitrogen and oxygen atoms in total. The van der Waals surface area contributed by atoms with Crippen molar-refractivity contribution in [3.05, 3.63) is 135 Å². The zero-order valence-corrected chi connectivity index (χ0v) is 20.0. The molecule has 8 heteroatoms. The molecule has 0 saturated heterocycles. The van der Waals surface area contributed by atoms with Gasteiger partial charge in [-0.25, -0.2) is 0 Å². The van der Waals surface area contributed by atoms with Gasteiger partial charge in [0, 0.05) is 40.6 Å². The second kappa shape index (κ2) is 10.0. The van der Waals surface area contributed by atoms with Crippen molar-refractivity contribution in [1.29, 1.82) is 0 Å². The van der Waals surface area contributed by atoms with E-state index in [4.69, 9.17) is 11.6 Å². The van der Waals surface area contributed by atoms with Crippen LogP contribution in [0.5, 0.6) is 0 Å². The minimum atomic E-state index is -0.265. The van der Waals surface area contributed by atoms with E-state index in [-0.39, 0.29) is 18.0 Å². The first kappa shape index (κ1) is 23.3. The first-order chi connectivity index (χ1) is 17.5. The fourth-order valence-corrected chi connectivity index (χ4v) is 4.11. The van der Waals surface area contributed by atoms with Gasteiger partial charge in [0.15, 0.2) is 0 Å². The molecule has 0 saturated carbocycles. The summed E-state index contributed by atoms with van der Waals surface area (Å²) in [6.45, 7) is 4.93. The number of H-pyrrole nitrogens is 1. The molecule has 0 aliphatic carbocycles. The molecule has 0 unspecified atom stereocenters. The Kier molecular flexibility index (Phi) is 6.47. The molecule has 3 heterocycles. The number of aromatic amines is 1. The van der Waals surface area contributed by atoms with E-state index in [0.717, 1.165) is 33.2 Å². The number of hydrogen-bond donors (Lipinski definition) is 2. The van der Waals surface area contributed by atoms with Crippen molar-refractivity contribution < 1.29 is 4.79 Å². The van der Waals surface area contributed by atoms with Crippen molar-refractivity contribution in [3.63, 3.8) is 0 Å². The van der Waals surface area contributed by atoms with E-state index < -0.39 is 0 Å². The van der Waals surface area contributed by atoms with Crippen LogP contribution < -0.4 is 10.9 Å². The Morgan fingerprint density at radius 1 is 1.00 bits per heavy atom. The Balaban J connectivity index is 1.27. The molecule has 1 amide bonds. The molecular formula is C28H22ClN5O2.